The topological polar surface area (TPSA) is 55.2 Å². The molecular formula is C13H12Cl2N2O2S. The zero-order valence-electron chi connectivity index (χ0n) is 10.8. The molecule has 0 radical (unpaired) electrons. The molecular weight excluding hydrogens is 319 g/mol. The van der Waals surface area contributed by atoms with E-state index in [1.807, 2.05) is 13.8 Å². The van der Waals surface area contributed by atoms with Crippen molar-refractivity contribution in [2.75, 3.05) is 5.32 Å². The third kappa shape index (κ3) is 3.23. The Balaban J connectivity index is 2.27. The van der Waals surface area contributed by atoms with E-state index in [-0.39, 0.29) is 11.7 Å². The van der Waals surface area contributed by atoms with E-state index < -0.39 is 4.92 Å². The average Bonchev–Trinajstić information content (AvgIpc) is 2.71. The molecule has 4 nitrogen and oxygen atoms in total. The van der Waals surface area contributed by atoms with Crippen LogP contribution in [0.4, 0.5) is 11.4 Å². The number of nitrogens with one attached hydrogen (secondary N) is 1. The van der Waals surface area contributed by atoms with Gasteiger partial charge in [-0.2, -0.15) is 0 Å². The molecule has 106 valence electrons. The number of aryl methyl sites for hydroxylation is 1. The molecule has 2 aromatic rings. The number of thiophene rings is 1. The lowest BCUT2D eigenvalue weighted by Gasteiger charge is -2.16. The van der Waals surface area contributed by atoms with Crippen molar-refractivity contribution in [2.45, 2.75) is 19.9 Å². The van der Waals surface area contributed by atoms with Gasteiger partial charge in [-0.1, -0.05) is 29.3 Å². The highest BCUT2D eigenvalue weighted by Crippen LogP contribution is 2.36. The summed E-state index contributed by atoms with van der Waals surface area (Å²) in [5, 5.41) is 14.1. The van der Waals surface area contributed by atoms with E-state index in [1.54, 1.807) is 12.1 Å². The van der Waals surface area contributed by atoms with Gasteiger partial charge in [-0.3, -0.25) is 10.1 Å². The van der Waals surface area contributed by atoms with Gasteiger partial charge in [0.15, 0.2) is 0 Å². The normalized spacial score (nSPS) is 12.2. The van der Waals surface area contributed by atoms with Crippen molar-refractivity contribution in [3.8, 4) is 0 Å². The molecule has 0 aliphatic heterocycles. The number of hydrogen-bond acceptors (Lipinski definition) is 4. The molecule has 0 fully saturated rings. The number of nitrogens with zero attached hydrogens (tertiary/aromatic N) is 1. The van der Waals surface area contributed by atoms with Crippen LogP contribution in [0.25, 0.3) is 0 Å². The molecule has 20 heavy (non-hydrogen) atoms. The summed E-state index contributed by atoms with van der Waals surface area (Å²) >= 11 is 13.3. The van der Waals surface area contributed by atoms with Crippen LogP contribution < -0.4 is 5.32 Å². The van der Waals surface area contributed by atoms with E-state index >= 15 is 0 Å². The first-order valence-corrected chi connectivity index (χ1v) is 7.42. The zero-order chi connectivity index (χ0) is 14.9. The van der Waals surface area contributed by atoms with Gasteiger partial charge in [-0.25, -0.2) is 0 Å². The number of rotatable bonds is 4. The molecule has 1 N–H and O–H groups in total. The minimum absolute atomic E-state index is 0.0553. The molecule has 0 saturated carbocycles. The van der Waals surface area contributed by atoms with Gasteiger partial charge in [0.2, 0.25) is 0 Å². The molecule has 1 unspecified atom stereocenters. The molecule has 0 bridgehead atoms. The second kappa shape index (κ2) is 5.99. The van der Waals surface area contributed by atoms with E-state index in [1.165, 1.54) is 23.5 Å². The van der Waals surface area contributed by atoms with Crippen LogP contribution in [0.15, 0.2) is 24.3 Å². The molecule has 7 heteroatoms. The van der Waals surface area contributed by atoms with Crippen molar-refractivity contribution in [3.63, 3.8) is 0 Å². The van der Waals surface area contributed by atoms with E-state index in [2.05, 4.69) is 5.32 Å². The number of nitro groups is 1. The Hall–Kier alpha value is -1.30. The van der Waals surface area contributed by atoms with E-state index in [0.717, 1.165) is 11.1 Å². The first-order chi connectivity index (χ1) is 9.38. The predicted octanol–water partition coefficient (Wildman–Crippen LogP) is 5.44. The Morgan fingerprint density at radius 1 is 1.35 bits per heavy atom. The van der Waals surface area contributed by atoms with E-state index in [0.29, 0.717) is 14.4 Å². The fourth-order valence-electron chi connectivity index (χ4n) is 1.84. The van der Waals surface area contributed by atoms with Crippen LogP contribution in [0.2, 0.25) is 8.67 Å². The molecule has 1 aromatic carbocycles. The zero-order valence-corrected chi connectivity index (χ0v) is 13.1. The van der Waals surface area contributed by atoms with Crippen molar-refractivity contribution >= 4 is 45.9 Å². The second-order valence-corrected chi connectivity index (χ2v) is 6.69. The van der Waals surface area contributed by atoms with Crippen molar-refractivity contribution in [3.05, 3.63) is 54.2 Å². The molecule has 1 heterocycles. The summed E-state index contributed by atoms with van der Waals surface area (Å²) in [6, 6.07) is 6.44. The van der Waals surface area contributed by atoms with Gasteiger partial charge in [0.1, 0.15) is 0 Å². The van der Waals surface area contributed by atoms with Crippen molar-refractivity contribution in [2.24, 2.45) is 0 Å². The van der Waals surface area contributed by atoms with Crippen molar-refractivity contribution in [1.82, 2.24) is 0 Å². The van der Waals surface area contributed by atoms with Gasteiger partial charge in [0, 0.05) is 23.4 Å². The monoisotopic (exact) mass is 330 g/mol. The molecule has 0 spiro atoms. The molecule has 0 amide bonds. The van der Waals surface area contributed by atoms with Gasteiger partial charge in [0.25, 0.3) is 5.69 Å². The summed E-state index contributed by atoms with van der Waals surface area (Å²) in [6.07, 6.45) is 0. The Kier molecular flexibility index (Phi) is 4.52. The maximum Gasteiger partial charge on any atom is 0.271 e. The third-order valence-electron chi connectivity index (χ3n) is 2.95. The van der Waals surface area contributed by atoms with E-state index in [4.69, 9.17) is 23.2 Å². The number of benzene rings is 1. The largest absolute Gasteiger partial charge is 0.378 e. The minimum atomic E-state index is -0.413. The summed E-state index contributed by atoms with van der Waals surface area (Å²) in [5.74, 6) is 0. The van der Waals surface area contributed by atoms with Crippen LogP contribution in [-0.4, -0.2) is 4.92 Å². The summed E-state index contributed by atoms with van der Waals surface area (Å²) in [7, 11) is 0. The van der Waals surface area contributed by atoms with Gasteiger partial charge < -0.3 is 5.32 Å². The fraction of sp³-hybridized carbons (Fsp3) is 0.231. The Morgan fingerprint density at radius 2 is 2.05 bits per heavy atom. The highest BCUT2D eigenvalue weighted by atomic mass is 35.5. The quantitative estimate of drug-likeness (QED) is 0.599. The van der Waals surface area contributed by atoms with Crippen LogP contribution in [0.1, 0.15) is 24.1 Å². The highest BCUT2D eigenvalue weighted by molar-refractivity contribution is 7.20. The number of nitro benzene ring substituents is 1. The Labute approximate surface area is 130 Å². The van der Waals surface area contributed by atoms with Gasteiger partial charge in [0.05, 0.1) is 19.6 Å². The van der Waals surface area contributed by atoms with Crippen LogP contribution >= 0.6 is 34.5 Å². The maximum absolute atomic E-state index is 10.8. The third-order valence-corrected chi connectivity index (χ3v) is 4.47. The SMILES string of the molecule is Cc1ccc([N+](=O)[O-])cc1NC(C)c1cc(Cl)sc1Cl. The number of non-ortho nitro benzene ring substituents is 1. The Morgan fingerprint density at radius 3 is 2.60 bits per heavy atom. The van der Waals surface area contributed by atoms with Crippen LogP contribution in [0.3, 0.4) is 0 Å². The number of hydrogen-bond donors (Lipinski definition) is 1. The van der Waals surface area contributed by atoms with Gasteiger partial charge in [-0.05, 0) is 25.5 Å². The molecule has 2 rings (SSSR count). The molecule has 1 atom stereocenters. The van der Waals surface area contributed by atoms with Gasteiger partial charge >= 0.3 is 0 Å². The maximum atomic E-state index is 10.8. The number of anilines is 1. The lowest BCUT2D eigenvalue weighted by Crippen LogP contribution is -2.07. The van der Waals surface area contributed by atoms with Crippen LogP contribution in [0.5, 0.6) is 0 Å². The molecule has 0 saturated heterocycles. The van der Waals surface area contributed by atoms with Crippen molar-refractivity contribution < 1.29 is 4.92 Å². The molecule has 1 aromatic heterocycles. The van der Waals surface area contributed by atoms with Gasteiger partial charge in [-0.15, -0.1) is 11.3 Å². The molecule has 0 aliphatic rings. The molecule has 0 aliphatic carbocycles. The summed E-state index contributed by atoms with van der Waals surface area (Å²) in [4.78, 5) is 10.4. The smallest absolute Gasteiger partial charge is 0.271 e. The van der Waals surface area contributed by atoms with E-state index in [9.17, 15) is 10.1 Å². The predicted molar refractivity (Wildman–Crippen MR) is 84.2 cm³/mol. The number of halogens is 2. The average molecular weight is 331 g/mol. The summed E-state index contributed by atoms with van der Waals surface area (Å²) in [6.45, 7) is 3.82. The lowest BCUT2D eigenvalue weighted by molar-refractivity contribution is -0.384. The first-order valence-electron chi connectivity index (χ1n) is 5.85. The van der Waals surface area contributed by atoms with Crippen LogP contribution in [-0.2, 0) is 0 Å². The Bertz CT molecular complexity index is 658. The second-order valence-electron chi connectivity index (χ2n) is 4.40. The van der Waals surface area contributed by atoms with Crippen LogP contribution in [0, 0.1) is 17.0 Å². The summed E-state index contributed by atoms with van der Waals surface area (Å²) in [5.41, 5.74) is 2.58. The lowest BCUT2D eigenvalue weighted by atomic mass is 10.1. The van der Waals surface area contributed by atoms with Crippen molar-refractivity contribution in [1.29, 1.82) is 0 Å². The highest BCUT2D eigenvalue weighted by Gasteiger charge is 2.15. The fourth-order valence-corrected chi connectivity index (χ4v) is 3.48. The summed E-state index contributed by atoms with van der Waals surface area (Å²) < 4.78 is 1.24. The minimum Gasteiger partial charge on any atom is -0.378 e. The standard InChI is InChI=1S/C13H12Cl2N2O2S/c1-7-3-4-9(17(18)19)5-11(7)16-8(2)10-6-12(14)20-13(10)15/h3-6,8,16H,1-2H3. The first kappa shape index (κ1) is 15.1.